The Hall–Kier alpha value is -1.97. The molecule has 8 nitrogen and oxygen atoms in total. The Bertz CT molecular complexity index is 886. The lowest BCUT2D eigenvalue weighted by Gasteiger charge is -2.27. The first kappa shape index (κ1) is 20.3. The highest BCUT2D eigenvalue weighted by Crippen LogP contribution is 2.39. The van der Waals surface area contributed by atoms with E-state index in [1.165, 1.54) is 22.4 Å². The second kappa shape index (κ2) is 8.04. The molecule has 0 spiro atoms. The van der Waals surface area contributed by atoms with Crippen molar-refractivity contribution < 1.29 is 27.5 Å². The van der Waals surface area contributed by atoms with Gasteiger partial charge in [0.2, 0.25) is 21.8 Å². The summed E-state index contributed by atoms with van der Waals surface area (Å²) in [4.78, 5) is 26.8. The molecule has 3 aliphatic rings. The predicted molar refractivity (Wildman–Crippen MR) is 104 cm³/mol. The highest BCUT2D eigenvalue weighted by molar-refractivity contribution is 7.89. The van der Waals surface area contributed by atoms with Crippen LogP contribution in [0.3, 0.4) is 0 Å². The van der Waals surface area contributed by atoms with Crippen LogP contribution >= 0.6 is 0 Å². The van der Waals surface area contributed by atoms with Crippen molar-refractivity contribution >= 4 is 21.8 Å². The lowest BCUT2D eigenvalue weighted by molar-refractivity contribution is -0.140. The minimum absolute atomic E-state index is 0.0518. The lowest BCUT2D eigenvalue weighted by atomic mass is 9.81. The monoisotopic (exact) mass is 422 g/mol. The highest BCUT2D eigenvalue weighted by Gasteiger charge is 2.48. The number of hydrogen-bond donors (Lipinski definition) is 0. The SMILES string of the molecule is COc1ccc(CN2C(=O)[C@H]3CCCC[C@H]3C2=O)cc1S(=O)(=O)N1CCOCC1. The third kappa shape index (κ3) is 3.67. The minimum atomic E-state index is -3.77. The van der Waals surface area contributed by atoms with Crippen molar-refractivity contribution in [1.29, 1.82) is 0 Å². The summed E-state index contributed by atoms with van der Waals surface area (Å²) in [6, 6.07) is 4.81. The summed E-state index contributed by atoms with van der Waals surface area (Å²) in [5.74, 6) is -0.453. The molecule has 2 atom stereocenters. The molecule has 2 heterocycles. The van der Waals surface area contributed by atoms with E-state index in [2.05, 4.69) is 0 Å². The summed E-state index contributed by atoms with van der Waals surface area (Å²) < 4.78 is 38.2. The van der Waals surface area contributed by atoms with Gasteiger partial charge in [-0.1, -0.05) is 18.9 Å². The number of ether oxygens (including phenoxy) is 2. The largest absolute Gasteiger partial charge is 0.495 e. The zero-order valence-electron chi connectivity index (χ0n) is 16.5. The first-order chi connectivity index (χ1) is 13.9. The average Bonchev–Trinajstić information content (AvgIpc) is 2.99. The molecule has 1 saturated carbocycles. The number of carbonyl (C=O) groups excluding carboxylic acids is 2. The van der Waals surface area contributed by atoms with Gasteiger partial charge in [-0.25, -0.2) is 8.42 Å². The molecule has 1 aliphatic carbocycles. The van der Waals surface area contributed by atoms with Gasteiger partial charge in [-0.15, -0.1) is 0 Å². The summed E-state index contributed by atoms with van der Waals surface area (Å²) in [6.07, 6.45) is 3.45. The van der Waals surface area contributed by atoms with Crippen LogP contribution in [-0.4, -0.2) is 62.9 Å². The van der Waals surface area contributed by atoms with E-state index >= 15 is 0 Å². The topological polar surface area (TPSA) is 93.2 Å². The number of nitrogens with zero attached hydrogens (tertiary/aromatic N) is 2. The number of likely N-dealkylation sites (tertiary alicyclic amines) is 1. The highest BCUT2D eigenvalue weighted by atomic mass is 32.2. The average molecular weight is 423 g/mol. The maximum absolute atomic E-state index is 13.1. The van der Waals surface area contributed by atoms with Crippen molar-refractivity contribution in [2.75, 3.05) is 33.4 Å². The summed E-state index contributed by atoms with van der Waals surface area (Å²) in [7, 11) is -2.35. The number of imide groups is 1. The molecule has 0 unspecified atom stereocenters. The van der Waals surface area contributed by atoms with Gasteiger partial charge in [0, 0.05) is 13.1 Å². The maximum atomic E-state index is 13.1. The number of methoxy groups -OCH3 is 1. The van der Waals surface area contributed by atoms with Crippen LogP contribution in [0, 0.1) is 11.8 Å². The standard InChI is InChI=1S/C20H26N2O6S/c1-27-17-7-6-14(12-18(17)29(25,26)21-8-10-28-11-9-21)13-22-19(23)15-4-2-3-5-16(15)20(22)24/h6-7,12,15-16H,2-5,8-11,13H2,1H3/t15-,16+. The molecule has 2 aliphatic heterocycles. The Labute approximate surface area is 170 Å². The molecule has 158 valence electrons. The Morgan fingerprint density at radius 2 is 1.69 bits per heavy atom. The molecular weight excluding hydrogens is 396 g/mol. The first-order valence-electron chi connectivity index (χ1n) is 10.0. The van der Waals surface area contributed by atoms with Gasteiger partial charge < -0.3 is 9.47 Å². The molecule has 0 bridgehead atoms. The summed E-state index contributed by atoms with van der Waals surface area (Å²) in [5.41, 5.74) is 0.595. The fourth-order valence-corrected chi connectivity index (χ4v) is 6.13. The van der Waals surface area contributed by atoms with Crippen LogP contribution in [0.5, 0.6) is 5.75 Å². The smallest absolute Gasteiger partial charge is 0.246 e. The van der Waals surface area contributed by atoms with Crippen molar-refractivity contribution in [3.05, 3.63) is 23.8 Å². The molecule has 0 radical (unpaired) electrons. The third-order valence-corrected chi connectivity index (χ3v) is 8.01. The third-order valence-electron chi connectivity index (χ3n) is 6.09. The quantitative estimate of drug-likeness (QED) is 0.666. The predicted octanol–water partition coefficient (Wildman–Crippen LogP) is 1.39. The minimum Gasteiger partial charge on any atom is -0.495 e. The molecule has 9 heteroatoms. The number of rotatable bonds is 5. The van der Waals surface area contributed by atoms with Crippen LogP contribution in [0.15, 0.2) is 23.1 Å². The molecule has 3 fully saturated rings. The number of morpholine rings is 1. The van der Waals surface area contributed by atoms with E-state index < -0.39 is 10.0 Å². The van der Waals surface area contributed by atoms with E-state index in [-0.39, 0.29) is 53.9 Å². The molecule has 1 aromatic rings. The van der Waals surface area contributed by atoms with Crippen molar-refractivity contribution in [2.45, 2.75) is 37.1 Å². The zero-order chi connectivity index (χ0) is 20.6. The fraction of sp³-hybridized carbons (Fsp3) is 0.600. The molecule has 0 N–H and O–H groups in total. The number of carbonyl (C=O) groups is 2. The van der Waals surface area contributed by atoms with Crippen molar-refractivity contribution in [3.63, 3.8) is 0 Å². The first-order valence-corrected chi connectivity index (χ1v) is 11.5. The molecule has 4 rings (SSSR count). The summed E-state index contributed by atoms with van der Waals surface area (Å²) in [6.45, 7) is 1.34. The van der Waals surface area contributed by atoms with Crippen LogP contribution in [0.1, 0.15) is 31.2 Å². The van der Waals surface area contributed by atoms with E-state index in [4.69, 9.17) is 9.47 Å². The number of amides is 2. The van der Waals surface area contributed by atoms with Gasteiger partial charge >= 0.3 is 0 Å². The van der Waals surface area contributed by atoms with E-state index in [9.17, 15) is 18.0 Å². The second-order valence-corrected chi connectivity index (χ2v) is 9.67. The van der Waals surface area contributed by atoms with Gasteiger partial charge in [-0.3, -0.25) is 14.5 Å². The van der Waals surface area contributed by atoms with E-state index in [1.54, 1.807) is 12.1 Å². The lowest BCUT2D eigenvalue weighted by Crippen LogP contribution is -2.40. The van der Waals surface area contributed by atoms with Gasteiger partial charge in [0.1, 0.15) is 10.6 Å². The Morgan fingerprint density at radius 3 is 2.28 bits per heavy atom. The Kier molecular flexibility index (Phi) is 5.63. The Balaban J connectivity index is 1.62. The van der Waals surface area contributed by atoms with E-state index in [1.807, 2.05) is 0 Å². The molecular formula is C20H26N2O6S. The van der Waals surface area contributed by atoms with Crippen LogP contribution < -0.4 is 4.74 Å². The second-order valence-electron chi connectivity index (χ2n) is 7.76. The maximum Gasteiger partial charge on any atom is 0.246 e. The normalized spacial score (nSPS) is 25.9. The zero-order valence-corrected chi connectivity index (χ0v) is 17.3. The number of hydrogen-bond acceptors (Lipinski definition) is 6. The van der Waals surface area contributed by atoms with Gasteiger partial charge in [-0.2, -0.15) is 4.31 Å². The number of sulfonamides is 1. The van der Waals surface area contributed by atoms with Crippen molar-refractivity contribution in [3.8, 4) is 5.75 Å². The Morgan fingerprint density at radius 1 is 1.07 bits per heavy atom. The van der Waals surface area contributed by atoms with E-state index in [0.717, 1.165) is 25.7 Å². The molecule has 0 aromatic heterocycles. The van der Waals surface area contributed by atoms with Crippen LogP contribution in [-0.2, 0) is 30.9 Å². The summed E-state index contributed by atoms with van der Waals surface area (Å²) in [5, 5.41) is 0. The molecule has 1 aromatic carbocycles. The van der Waals surface area contributed by atoms with Gasteiger partial charge in [0.15, 0.2) is 0 Å². The molecule has 29 heavy (non-hydrogen) atoms. The van der Waals surface area contributed by atoms with Gasteiger partial charge in [-0.05, 0) is 30.5 Å². The van der Waals surface area contributed by atoms with Crippen molar-refractivity contribution in [1.82, 2.24) is 9.21 Å². The van der Waals surface area contributed by atoms with Crippen LogP contribution in [0.25, 0.3) is 0 Å². The van der Waals surface area contributed by atoms with Gasteiger partial charge in [0.05, 0.1) is 38.7 Å². The number of benzene rings is 1. The number of fused-ring (bicyclic) bond motifs is 1. The van der Waals surface area contributed by atoms with Crippen LogP contribution in [0.4, 0.5) is 0 Å². The summed E-state index contributed by atoms with van der Waals surface area (Å²) >= 11 is 0. The van der Waals surface area contributed by atoms with Crippen LogP contribution in [0.2, 0.25) is 0 Å². The van der Waals surface area contributed by atoms with E-state index in [0.29, 0.717) is 18.8 Å². The fourth-order valence-electron chi connectivity index (χ4n) is 4.52. The molecule has 2 saturated heterocycles. The van der Waals surface area contributed by atoms with Gasteiger partial charge in [0.25, 0.3) is 0 Å². The molecule has 2 amide bonds. The van der Waals surface area contributed by atoms with Crippen molar-refractivity contribution in [2.24, 2.45) is 11.8 Å².